The van der Waals surface area contributed by atoms with Crippen molar-refractivity contribution in [3.05, 3.63) is 64.1 Å². The summed E-state index contributed by atoms with van der Waals surface area (Å²) in [7, 11) is 0. The van der Waals surface area contributed by atoms with Crippen LogP contribution in [-0.4, -0.2) is 35.4 Å². The Labute approximate surface area is 166 Å². The lowest BCUT2D eigenvalue weighted by molar-refractivity contribution is -0.137. The van der Waals surface area contributed by atoms with Crippen molar-refractivity contribution in [2.45, 2.75) is 31.9 Å². The predicted molar refractivity (Wildman–Crippen MR) is 105 cm³/mol. The topological polar surface area (TPSA) is 65.2 Å². The molecule has 1 aliphatic rings. The van der Waals surface area contributed by atoms with Crippen LogP contribution >= 0.6 is 0 Å². The fourth-order valence-electron chi connectivity index (χ4n) is 3.55. The molecule has 29 heavy (non-hydrogen) atoms. The van der Waals surface area contributed by atoms with Crippen molar-refractivity contribution in [2.24, 2.45) is 5.92 Å². The van der Waals surface area contributed by atoms with Crippen LogP contribution in [0.3, 0.4) is 0 Å². The fraction of sp³-hybridized carbons (Fsp3) is 0.429. The van der Waals surface area contributed by atoms with Gasteiger partial charge < -0.3 is 15.2 Å². The van der Waals surface area contributed by atoms with E-state index in [1.807, 2.05) is 0 Å². The van der Waals surface area contributed by atoms with E-state index in [1.165, 1.54) is 12.3 Å². The molecule has 0 aliphatic carbocycles. The first-order chi connectivity index (χ1) is 13.8. The second kappa shape index (κ2) is 9.26. The van der Waals surface area contributed by atoms with Gasteiger partial charge >= 0.3 is 6.18 Å². The average molecular weight is 407 g/mol. The van der Waals surface area contributed by atoms with E-state index in [2.05, 4.69) is 15.2 Å². The number of hydrogen-bond donors (Lipinski definition) is 2. The number of carbonyl (C=O) groups excluding carboxylic acids is 1. The summed E-state index contributed by atoms with van der Waals surface area (Å²) in [4.78, 5) is 27.8. The Balaban J connectivity index is 1.38. The monoisotopic (exact) mass is 407 g/mol. The lowest BCUT2D eigenvalue weighted by atomic mass is 9.90. The Bertz CT molecular complexity index is 849. The van der Waals surface area contributed by atoms with E-state index in [0.29, 0.717) is 24.6 Å². The zero-order valence-corrected chi connectivity index (χ0v) is 16.0. The summed E-state index contributed by atoms with van der Waals surface area (Å²) < 4.78 is 37.9. The van der Waals surface area contributed by atoms with Gasteiger partial charge in [0.1, 0.15) is 0 Å². The van der Waals surface area contributed by atoms with Gasteiger partial charge in [-0.3, -0.25) is 9.59 Å². The Morgan fingerprint density at radius 2 is 1.79 bits per heavy atom. The lowest BCUT2D eigenvalue weighted by Crippen LogP contribution is -2.36. The largest absolute Gasteiger partial charge is 0.416 e. The molecule has 2 heterocycles. The number of piperidine rings is 1. The molecule has 0 radical (unpaired) electrons. The van der Waals surface area contributed by atoms with Gasteiger partial charge in [0.2, 0.25) is 11.5 Å². The maximum absolute atomic E-state index is 12.6. The molecule has 2 N–H and O–H groups in total. The van der Waals surface area contributed by atoms with Crippen LogP contribution in [0.4, 0.5) is 18.9 Å². The van der Waals surface area contributed by atoms with E-state index in [9.17, 15) is 22.8 Å². The van der Waals surface area contributed by atoms with Crippen LogP contribution < -0.4 is 10.9 Å². The van der Waals surface area contributed by atoms with Crippen molar-refractivity contribution >= 4 is 11.6 Å². The van der Waals surface area contributed by atoms with Gasteiger partial charge in [-0.25, -0.2) is 0 Å². The van der Waals surface area contributed by atoms with Crippen LogP contribution in [0.15, 0.2) is 47.4 Å². The molecule has 0 bridgehead atoms. The van der Waals surface area contributed by atoms with Crippen LogP contribution in [0.5, 0.6) is 0 Å². The van der Waals surface area contributed by atoms with Crippen molar-refractivity contribution in [2.75, 3.05) is 25.0 Å². The number of likely N-dealkylation sites (tertiary alicyclic amines) is 1. The summed E-state index contributed by atoms with van der Waals surface area (Å²) in [5.41, 5.74) is 0.653. The number of aromatic nitrogens is 1. The van der Waals surface area contributed by atoms with Crippen LogP contribution in [0.25, 0.3) is 0 Å². The molecule has 1 aliphatic heterocycles. The normalized spacial score (nSPS) is 16.0. The Hall–Kier alpha value is -2.61. The molecule has 0 unspecified atom stereocenters. The van der Waals surface area contributed by atoms with E-state index in [1.54, 1.807) is 18.2 Å². The van der Waals surface area contributed by atoms with Crippen LogP contribution in [0.2, 0.25) is 0 Å². The number of amides is 1. The number of H-pyrrole nitrogens is 1. The maximum atomic E-state index is 12.6. The third kappa shape index (κ3) is 6.45. The summed E-state index contributed by atoms with van der Waals surface area (Å²) in [6.07, 6.45) is 0.230. The van der Waals surface area contributed by atoms with Gasteiger partial charge in [0.15, 0.2) is 0 Å². The Morgan fingerprint density at radius 3 is 2.38 bits per heavy atom. The highest BCUT2D eigenvalue weighted by Crippen LogP contribution is 2.30. The zero-order valence-electron chi connectivity index (χ0n) is 16.0. The lowest BCUT2D eigenvalue weighted by Gasteiger charge is -2.31. The number of aromatic amines is 1. The van der Waals surface area contributed by atoms with Gasteiger partial charge in [0, 0.05) is 25.2 Å². The molecule has 156 valence electrons. The molecule has 0 atom stereocenters. The van der Waals surface area contributed by atoms with Gasteiger partial charge in [-0.15, -0.1) is 0 Å². The number of alkyl halides is 3. The summed E-state index contributed by atoms with van der Waals surface area (Å²) in [6.45, 7) is 2.40. The van der Waals surface area contributed by atoms with E-state index in [0.717, 1.165) is 50.0 Å². The smallest absolute Gasteiger partial charge is 0.327 e. The highest BCUT2D eigenvalue weighted by molar-refractivity contribution is 5.90. The molecule has 1 aromatic carbocycles. The molecule has 1 saturated heterocycles. The molecule has 0 saturated carbocycles. The Kier molecular flexibility index (Phi) is 6.74. The SMILES string of the molecule is O=C(CCN1CCC(Cc2ccc(C(F)(F)F)cc2)CC1)Nc1ccc(=O)[nH]c1. The second-order valence-corrected chi connectivity index (χ2v) is 7.42. The highest BCUT2D eigenvalue weighted by Gasteiger charge is 2.30. The predicted octanol–water partition coefficient (Wildman–Crippen LogP) is 3.68. The summed E-state index contributed by atoms with van der Waals surface area (Å²) in [5, 5.41) is 2.75. The van der Waals surface area contributed by atoms with Crippen molar-refractivity contribution in [3.63, 3.8) is 0 Å². The van der Waals surface area contributed by atoms with Gasteiger partial charge in [-0.1, -0.05) is 12.1 Å². The number of halogens is 3. The summed E-state index contributed by atoms with van der Waals surface area (Å²) in [6, 6.07) is 8.34. The maximum Gasteiger partial charge on any atom is 0.416 e. The standard InChI is InChI=1S/C21H24F3N3O2/c22-21(23,24)17-3-1-15(2-4-17)13-16-7-10-27(11-8-16)12-9-20(29)26-18-5-6-19(28)25-14-18/h1-6,14,16H,7-13H2,(H,25,28)(H,26,29). The van der Waals surface area contributed by atoms with E-state index >= 15 is 0 Å². The number of nitrogens with one attached hydrogen (secondary N) is 2. The number of benzene rings is 1. The van der Waals surface area contributed by atoms with Gasteiger partial charge in [0.05, 0.1) is 11.3 Å². The van der Waals surface area contributed by atoms with E-state index in [-0.39, 0.29) is 11.5 Å². The van der Waals surface area contributed by atoms with Crippen LogP contribution in [-0.2, 0) is 17.4 Å². The molecule has 2 aromatic rings. The van der Waals surface area contributed by atoms with Crippen molar-refractivity contribution in [1.82, 2.24) is 9.88 Å². The quantitative estimate of drug-likeness (QED) is 0.768. The van der Waals surface area contributed by atoms with Gasteiger partial charge in [-0.05, 0) is 62.0 Å². The molecule has 3 rings (SSSR count). The average Bonchev–Trinajstić information content (AvgIpc) is 2.69. The number of nitrogens with zero attached hydrogens (tertiary/aromatic N) is 1. The summed E-state index contributed by atoms with van der Waals surface area (Å²) >= 11 is 0. The number of rotatable bonds is 6. The van der Waals surface area contributed by atoms with Crippen molar-refractivity contribution in [1.29, 1.82) is 0 Å². The minimum Gasteiger partial charge on any atom is -0.327 e. The minimum absolute atomic E-state index is 0.107. The second-order valence-electron chi connectivity index (χ2n) is 7.42. The van der Waals surface area contributed by atoms with E-state index in [4.69, 9.17) is 0 Å². The third-order valence-corrected chi connectivity index (χ3v) is 5.24. The molecule has 5 nitrogen and oxygen atoms in total. The van der Waals surface area contributed by atoms with Crippen LogP contribution in [0, 0.1) is 5.92 Å². The molecule has 8 heteroatoms. The first kappa shape index (κ1) is 21.1. The summed E-state index contributed by atoms with van der Waals surface area (Å²) in [5.74, 6) is 0.335. The van der Waals surface area contributed by atoms with Crippen LogP contribution in [0.1, 0.15) is 30.4 Å². The molecule has 0 spiro atoms. The minimum atomic E-state index is -4.30. The number of anilines is 1. The molecule has 1 aromatic heterocycles. The number of pyridine rings is 1. The molecule has 1 fully saturated rings. The van der Waals surface area contributed by atoms with E-state index < -0.39 is 11.7 Å². The van der Waals surface area contributed by atoms with Gasteiger partial charge in [0.25, 0.3) is 0 Å². The van der Waals surface area contributed by atoms with Gasteiger partial charge in [-0.2, -0.15) is 13.2 Å². The zero-order chi connectivity index (χ0) is 20.9. The Morgan fingerprint density at radius 1 is 1.10 bits per heavy atom. The number of hydrogen-bond acceptors (Lipinski definition) is 3. The first-order valence-electron chi connectivity index (χ1n) is 9.67. The highest BCUT2D eigenvalue weighted by atomic mass is 19.4. The fourth-order valence-corrected chi connectivity index (χ4v) is 3.55. The van der Waals surface area contributed by atoms with Crippen molar-refractivity contribution in [3.8, 4) is 0 Å². The molecular weight excluding hydrogens is 383 g/mol. The molecular formula is C21H24F3N3O2. The third-order valence-electron chi connectivity index (χ3n) is 5.24. The first-order valence-corrected chi connectivity index (χ1v) is 9.67. The number of carbonyl (C=O) groups is 1. The van der Waals surface area contributed by atoms with Crippen molar-refractivity contribution < 1.29 is 18.0 Å². The molecule has 1 amide bonds.